The summed E-state index contributed by atoms with van der Waals surface area (Å²) in [4.78, 5) is 13.6. The van der Waals surface area contributed by atoms with Gasteiger partial charge in [0.1, 0.15) is 0 Å². The first kappa shape index (κ1) is 11.5. The van der Waals surface area contributed by atoms with Crippen molar-refractivity contribution in [3.05, 3.63) is 28.8 Å². The molecule has 0 spiro atoms. The summed E-state index contributed by atoms with van der Waals surface area (Å²) in [6, 6.07) is 0.914. The molecule has 1 heterocycles. The third-order valence-corrected chi connectivity index (χ3v) is 1.87. The van der Waals surface area contributed by atoms with E-state index in [0.717, 1.165) is 6.07 Å². The van der Waals surface area contributed by atoms with Crippen LogP contribution in [0.4, 0.5) is 13.2 Å². The Morgan fingerprint density at radius 2 is 2.20 bits per heavy atom. The molecule has 82 valence electrons. The lowest BCUT2D eigenvalue weighted by Crippen LogP contribution is -2.07. The summed E-state index contributed by atoms with van der Waals surface area (Å²) >= 11 is 0. The van der Waals surface area contributed by atoms with Crippen LogP contribution in [0.2, 0.25) is 0 Å². The zero-order valence-corrected chi connectivity index (χ0v) is 7.80. The van der Waals surface area contributed by atoms with Crippen molar-refractivity contribution in [1.82, 2.24) is 4.98 Å². The predicted octanol–water partition coefficient (Wildman–Crippen LogP) is 2.09. The molecule has 6 heteroatoms. The lowest BCUT2D eigenvalue weighted by atomic mass is 10.1. The van der Waals surface area contributed by atoms with Crippen LogP contribution in [0.25, 0.3) is 0 Å². The normalized spacial score (nSPS) is 10.7. The summed E-state index contributed by atoms with van der Waals surface area (Å²) in [5, 5.41) is 8.41. The average Bonchev–Trinajstić information content (AvgIpc) is 2.09. The van der Waals surface area contributed by atoms with Gasteiger partial charge in [0.2, 0.25) is 5.95 Å². The molecule has 1 aromatic heterocycles. The van der Waals surface area contributed by atoms with E-state index < -0.39 is 30.3 Å². The van der Waals surface area contributed by atoms with Gasteiger partial charge in [-0.05, 0) is 13.0 Å². The Labute approximate surface area is 83.6 Å². The third kappa shape index (κ3) is 2.68. The van der Waals surface area contributed by atoms with Gasteiger partial charge < -0.3 is 5.11 Å². The van der Waals surface area contributed by atoms with Gasteiger partial charge >= 0.3 is 5.97 Å². The minimum Gasteiger partial charge on any atom is -0.481 e. The predicted molar refractivity (Wildman–Crippen MR) is 45.2 cm³/mol. The van der Waals surface area contributed by atoms with E-state index in [0.29, 0.717) is 0 Å². The Balaban J connectivity index is 3.17. The van der Waals surface area contributed by atoms with Gasteiger partial charge in [0.25, 0.3) is 6.43 Å². The lowest BCUT2D eigenvalue weighted by Gasteiger charge is -2.07. The maximum Gasteiger partial charge on any atom is 0.309 e. The highest BCUT2D eigenvalue weighted by molar-refractivity contribution is 5.69. The third-order valence-electron chi connectivity index (χ3n) is 1.87. The van der Waals surface area contributed by atoms with Crippen molar-refractivity contribution in [3.8, 4) is 0 Å². The summed E-state index contributed by atoms with van der Waals surface area (Å²) < 4.78 is 37.8. The van der Waals surface area contributed by atoms with Crippen molar-refractivity contribution in [2.75, 3.05) is 0 Å². The summed E-state index contributed by atoms with van der Waals surface area (Å²) in [6.07, 6.45) is -3.41. The number of halogens is 3. The van der Waals surface area contributed by atoms with Crippen LogP contribution in [-0.4, -0.2) is 16.1 Å². The van der Waals surface area contributed by atoms with E-state index in [4.69, 9.17) is 5.11 Å². The molecule has 0 amide bonds. The minimum atomic E-state index is -2.84. The molecule has 0 bridgehead atoms. The van der Waals surface area contributed by atoms with Gasteiger partial charge in [-0.25, -0.2) is 13.8 Å². The van der Waals surface area contributed by atoms with Crippen molar-refractivity contribution >= 4 is 5.97 Å². The fraction of sp³-hybridized carbons (Fsp3) is 0.333. The number of pyridine rings is 1. The van der Waals surface area contributed by atoms with Crippen LogP contribution in [0.1, 0.15) is 23.2 Å². The van der Waals surface area contributed by atoms with Gasteiger partial charge in [-0.2, -0.15) is 4.39 Å². The molecular weight excluding hydrogens is 211 g/mol. The number of aromatic nitrogens is 1. The standard InChI is InChI=1S/C9H8F3NO2/c1-4-6(8(10)11)2-5(3-7(14)15)13-9(4)12/h2,8H,3H2,1H3,(H,14,15). The highest BCUT2D eigenvalue weighted by Gasteiger charge is 2.17. The Hall–Kier alpha value is -1.59. The molecule has 0 radical (unpaired) electrons. The van der Waals surface area contributed by atoms with Crippen molar-refractivity contribution in [3.63, 3.8) is 0 Å². The van der Waals surface area contributed by atoms with Crippen LogP contribution in [0.15, 0.2) is 6.07 Å². The summed E-state index contributed by atoms with van der Waals surface area (Å²) in [6.45, 7) is 1.17. The SMILES string of the molecule is Cc1c(C(F)F)cc(CC(=O)O)nc1F. The number of carbonyl (C=O) groups is 1. The molecular formula is C9H8F3NO2. The number of aliphatic carboxylic acids is 1. The number of rotatable bonds is 3. The number of hydrogen-bond acceptors (Lipinski definition) is 2. The van der Waals surface area contributed by atoms with Crippen LogP contribution in [0, 0.1) is 12.9 Å². The summed E-state index contributed by atoms with van der Waals surface area (Å²) in [7, 11) is 0. The van der Waals surface area contributed by atoms with Crippen molar-refractivity contribution in [2.24, 2.45) is 0 Å². The summed E-state index contributed by atoms with van der Waals surface area (Å²) in [5.41, 5.74) is -0.973. The molecule has 0 saturated carbocycles. The Morgan fingerprint density at radius 1 is 1.60 bits per heavy atom. The Bertz CT molecular complexity index is 393. The van der Waals surface area contributed by atoms with E-state index in [-0.39, 0.29) is 11.3 Å². The zero-order chi connectivity index (χ0) is 11.6. The van der Waals surface area contributed by atoms with Crippen LogP contribution in [-0.2, 0) is 11.2 Å². The topological polar surface area (TPSA) is 50.2 Å². The second kappa shape index (κ2) is 4.29. The van der Waals surface area contributed by atoms with Crippen LogP contribution >= 0.6 is 0 Å². The lowest BCUT2D eigenvalue weighted by molar-refractivity contribution is -0.136. The molecule has 0 aliphatic carbocycles. The molecule has 3 nitrogen and oxygen atoms in total. The fourth-order valence-corrected chi connectivity index (χ4v) is 1.12. The van der Waals surface area contributed by atoms with Gasteiger partial charge in [0.05, 0.1) is 12.1 Å². The first-order valence-electron chi connectivity index (χ1n) is 4.07. The van der Waals surface area contributed by atoms with Crippen molar-refractivity contribution in [1.29, 1.82) is 0 Å². The largest absolute Gasteiger partial charge is 0.481 e. The molecule has 1 rings (SSSR count). The molecule has 0 unspecified atom stereocenters. The van der Waals surface area contributed by atoms with E-state index >= 15 is 0 Å². The van der Waals surface area contributed by atoms with Crippen LogP contribution < -0.4 is 0 Å². The summed E-state index contributed by atoms with van der Waals surface area (Å²) in [5.74, 6) is -2.30. The first-order chi connectivity index (χ1) is 6.91. The molecule has 0 fully saturated rings. The zero-order valence-electron chi connectivity index (χ0n) is 7.80. The molecule has 0 atom stereocenters. The van der Waals surface area contributed by atoms with Gasteiger partial charge in [-0.3, -0.25) is 4.79 Å². The van der Waals surface area contributed by atoms with E-state index in [1.807, 2.05) is 0 Å². The first-order valence-corrected chi connectivity index (χ1v) is 4.07. The van der Waals surface area contributed by atoms with E-state index in [1.165, 1.54) is 6.92 Å². The van der Waals surface area contributed by atoms with Gasteiger partial charge in [-0.1, -0.05) is 0 Å². The molecule has 0 aliphatic heterocycles. The second-order valence-corrected chi connectivity index (χ2v) is 2.99. The maximum absolute atomic E-state index is 13.0. The smallest absolute Gasteiger partial charge is 0.309 e. The highest BCUT2D eigenvalue weighted by Crippen LogP contribution is 2.24. The van der Waals surface area contributed by atoms with Gasteiger partial charge in [0.15, 0.2) is 0 Å². The van der Waals surface area contributed by atoms with E-state index in [2.05, 4.69) is 4.98 Å². The Kier molecular flexibility index (Phi) is 3.28. The Morgan fingerprint density at radius 3 is 2.67 bits per heavy atom. The number of alkyl halides is 2. The van der Waals surface area contributed by atoms with Crippen molar-refractivity contribution < 1.29 is 23.1 Å². The number of nitrogens with zero attached hydrogens (tertiary/aromatic N) is 1. The molecule has 15 heavy (non-hydrogen) atoms. The molecule has 1 N–H and O–H groups in total. The molecule has 0 aliphatic rings. The highest BCUT2D eigenvalue weighted by atomic mass is 19.3. The van der Waals surface area contributed by atoms with Crippen molar-refractivity contribution in [2.45, 2.75) is 19.8 Å². The van der Waals surface area contributed by atoms with Gasteiger partial charge in [0, 0.05) is 11.1 Å². The molecule has 0 aromatic carbocycles. The van der Waals surface area contributed by atoms with E-state index in [9.17, 15) is 18.0 Å². The number of carboxylic acids is 1. The minimum absolute atomic E-state index is 0.207. The van der Waals surface area contributed by atoms with E-state index in [1.54, 1.807) is 0 Å². The van der Waals surface area contributed by atoms with Gasteiger partial charge in [-0.15, -0.1) is 0 Å². The molecule has 0 saturated heterocycles. The average molecular weight is 219 g/mol. The van der Waals surface area contributed by atoms with Crippen LogP contribution in [0.5, 0.6) is 0 Å². The van der Waals surface area contributed by atoms with Crippen LogP contribution in [0.3, 0.4) is 0 Å². The fourth-order valence-electron chi connectivity index (χ4n) is 1.12. The quantitative estimate of drug-likeness (QED) is 0.792. The maximum atomic E-state index is 13.0. The second-order valence-electron chi connectivity index (χ2n) is 2.99. The molecule has 1 aromatic rings. The number of hydrogen-bond donors (Lipinski definition) is 1. The monoisotopic (exact) mass is 219 g/mol. The number of carboxylic acid groups (broad SMARTS) is 1.